The molecule has 0 radical (unpaired) electrons. The molecule has 3 aromatic carbocycles. The van der Waals surface area contributed by atoms with Crippen LogP contribution in [0.25, 0.3) is 22.0 Å². The molecule has 10 nitrogen and oxygen atoms in total. The smallest absolute Gasteiger partial charge is 0.237 e. The average Bonchev–Trinajstić information content (AvgIpc) is 3.04. The molecule has 5 aromatic rings. The molecule has 0 bridgehead atoms. The summed E-state index contributed by atoms with van der Waals surface area (Å²) in [6, 6.07) is 16.6. The van der Waals surface area contributed by atoms with Gasteiger partial charge in [-0.1, -0.05) is 35.9 Å². The summed E-state index contributed by atoms with van der Waals surface area (Å²) >= 11 is 6.19. The van der Waals surface area contributed by atoms with E-state index in [-0.39, 0.29) is 40.8 Å². The number of sulfonamides is 1. The molecule has 0 aliphatic carbocycles. The monoisotopic (exact) mass is 698 g/mol. The lowest BCUT2D eigenvalue weighted by molar-refractivity contribution is 0.411. The largest absolute Gasteiger partial charge is 0.495 e. The summed E-state index contributed by atoms with van der Waals surface area (Å²) in [5.41, 5.74) is 2.11. The minimum atomic E-state index is -4.10. The van der Waals surface area contributed by atoms with Gasteiger partial charge in [-0.3, -0.25) is 4.72 Å². The molecule has 0 saturated carbocycles. The van der Waals surface area contributed by atoms with Gasteiger partial charge in [-0.05, 0) is 68.3 Å². The van der Waals surface area contributed by atoms with Crippen LogP contribution in [0.3, 0.4) is 0 Å². The zero-order valence-corrected chi connectivity index (χ0v) is 28.0. The minimum absolute atomic E-state index is 0. The molecule has 14 heteroatoms. The van der Waals surface area contributed by atoms with E-state index in [4.69, 9.17) is 26.1 Å². The first-order valence-electron chi connectivity index (χ1n) is 14.7. The van der Waals surface area contributed by atoms with E-state index in [0.717, 1.165) is 31.5 Å². The number of halogens is 3. The molecule has 0 spiro atoms. The first kappa shape index (κ1) is 34.1. The Morgan fingerprint density at radius 2 is 1.85 bits per heavy atom. The molecule has 0 unspecified atom stereocenters. The summed E-state index contributed by atoms with van der Waals surface area (Å²) in [6.45, 7) is 3.69. The Kier molecular flexibility index (Phi) is 10.7. The van der Waals surface area contributed by atoms with Gasteiger partial charge in [0.1, 0.15) is 17.3 Å². The normalized spacial score (nSPS) is 14.7. The fourth-order valence-corrected chi connectivity index (χ4v) is 6.99. The standard InChI is InChI=1S/C33H32ClFN6O4S.ClH/c1-20-10-11-23-24(12-13-27(35)29(23)41-46(42,43)19-21-6-3-9-26(34)31(21)44-2)30(20)45-32-25(8-5-16-37-32)28-14-17-38-33(40-28)39-22-7-4-15-36-18-22;/h3,5-6,8-14,16-17,22,36,41H,4,7,15,18-19H2,1-2H3,(H,38,39,40);1H/t22-;/m0./s1. The highest BCUT2D eigenvalue weighted by atomic mass is 35.5. The maximum Gasteiger partial charge on any atom is 0.237 e. The first-order valence-corrected chi connectivity index (χ1v) is 16.7. The molecule has 1 atom stereocenters. The third-order valence-electron chi connectivity index (χ3n) is 7.68. The van der Waals surface area contributed by atoms with Gasteiger partial charge < -0.3 is 20.1 Å². The van der Waals surface area contributed by atoms with Gasteiger partial charge in [0, 0.05) is 41.3 Å². The second-order valence-electron chi connectivity index (χ2n) is 10.9. The molecule has 1 aliphatic rings. The van der Waals surface area contributed by atoms with Gasteiger partial charge in [-0.25, -0.2) is 27.8 Å². The van der Waals surface area contributed by atoms with Crippen molar-refractivity contribution < 1.29 is 22.3 Å². The number of nitrogens with one attached hydrogen (secondary N) is 3. The Morgan fingerprint density at radius 3 is 2.64 bits per heavy atom. The number of rotatable bonds is 10. The number of methoxy groups -OCH3 is 1. The second-order valence-corrected chi connectivity index (χ2v) is 13.1. The molecule has 3 N–H and O–H groups in total. The number of piperidine rings is 1. The number of para-hydroxylation sites is 1. The van der Waals surface area contributed by atoms with Gasteiger partial charge in [-0.15, -0.1) is 12.4 Å². The van der Waals surface area contributed by atoms with Crippen LogP contribution in [0, 0.1) is 12.7 Å². The summed E-state index contributed by atoms with van der Waals surface area (Å²) < 4.78 is 56.1. The van der Waals surface area contributed by atoms with E-state index in [1.807, 2.05) is 13.0 Å². The highest BCUT2D eigenvalue weighted by Crippen LogP contribution is 2.40. The van der Waals surface area contributed by atoms with Gasteiger partial charge >= 0.3 is 0 Å². The first-order chi connectivity index (χ1) is 22.2. The lowest BCUT2D eigenvalue weighted by Crippen LogP contribution is -2.38. The quantitative estimate of drug-likeness (QED) is 0.140. The zero-order chi connectivity index (χ0) is 32.3. The highest BCUT2D eigenvalue weighted by Gasteiger charge is 2.22. The molecule has 0 amide bonds. The summed E-state index contributed by atoms with van der Waals surface area (Å²) in [4.78, 5) is 13.6. The third-order valence-corrected chi connectivity index (χ3v) is 9.19. The molecule has 2 aromatic heterocycles. The summed E-state index contributed by atoms with van der Waals surface area (Å²) in [6.07, 6.45) is 5.39. The topological polar surface area (TPSA) is 127 Å². The fraction of sp³-hybridized carbons (Fsp3) is 0.242. The number of ether oxygens (including phenoxy) is 2. The highest BCUT2D eigenvalue weighted by molar-refractivity contribution is 7.92. The molecule has 6 rings (SSSR count). The van der Waals surface area contributed by atoms with Crippen molar-refractivity contribution in [3.05, 3.63) is 95.0 Å². The van der Waals surface area contributed by atoms with E-state index < -0.39 is 21.6 Å². The number of fused-ring (bicyclic) bond motifs is 1. The summed E-state index contributed by atoms with van der Waals surface area (Å²) in [5.74, 6) is 0.202. The number of pyridine rings is 1. The van der Waals surface area contributed by atoms with Crippen molar-refractivity contribution in [2.24, 2.45) is 0 Å². The number of aryl methyl sites for hydroxylation is 1. The number of anilines is 2. The molecular formula is C33H33Cl2FN6O4S. The number of hydrogen-bond donors (Lipinski definition) is 3. The van der Waals surface area contributed by atoms with E-state index >= 15 is 4.39 Å². The number of hydrogen-bond acceptors (Lipinski definition) is 9. The maximum atomic E-state index is 15.3. The van der Waals surface area contributed by atoms with Crippen LogP contribution in [0.4, 0.5) is 16.0 Å². The Hall–Kier alpha value is -4.23. The van der Waals surface area contributed by atoms with Crippen molar-refractivity contribution in [2.75, 3.05) is 30.2 Å². The molecule has 1 saturated heterocycles. The van der Waals surface area contributed by atoms with Crippen LogP contribution in [0.2, 0.25) is 5.02 Å². The van der Waals surface area contributed by atoms with E-state index in [2.05, 4.69) is 25.3 Å². The number of aromatic nitrogens is 3. The lowest BCUT2D eigenvalue weighted by atomic mass is 10.0. The van der Waals surface area contributed by atoms with E-state index in [1.165, 1.54) is 13.2 Å². The predicted molar refractivity (Wildman–Crippen MR) is 185 cm³/mol. The van der Waals surface area contributed by atoms with E-state index in [9.17, 15) is 8.42 Å². The van der Waals surface area contributed by atoms with E-state index in [0.29, 0.717) is 39.3 Å². The maximum absolute atomic E-state index is 15.3. The van der Waals surface area contributed by atoms with Crippen molar-refractivity contribution in [1.29, 1.82) is 0 Å². The average molecular weight is 700 g/mol. The third kappa shape index (κ3) is 7.68. The van der Waals surface area contributed by atoms with Gasteiger partial charge in [-0.2, -0.15) is 0 Å². The fourth-order valence-electron chi connectivity index (χ4n) is 5.49. The minimum Gasteiger partial charge on any atom is -0.495 e. The van der Waals surface area contributed by atoms with E-state index in [1.54, 1.807) is 60.9 Å². The zero-order valence-electron chi connectivity index (χ0n) is 25.6. The molecular weight excluding hydrogens is 666 g/mol. The predicted octanol–water partition coefficient (Wildman–Crippen LogP) is 7.12. The van der Waals surface area contributed by atoms with Crippen molar-refractivity contribution in [2.45, 2.75) is 31.6 Å². The lowest BCUT2D eigenvalue weighted by Gasteiger charge is -2.23. The van der Waals surface area contributed by atoms with Crippen molar-refractivity contribution in [3.8, 4) is 28.6 Å². The Balaban J connectivity index is 0.00000433. The van der Waals surface area contributed by atoms with Crippen LogP contribution in [-0.2, 0) is 15.8 Å². The molecule has 1 aliphatic heterocycles. The molecule has 246 valence electrons. The summed E-state index contributed by atoms with van der Waals surface area (Å²) in [5, 5.41) is 7.85. The molecule has 3 heterocycles. The SMILES string of the molecule is COc1c(Cl)cccc1CS(=O)(=O)Nc1c(F)ccc2c(Oc3ncccc3-c3ccnc(N[C@H]4CCCNC4)n3)c(C)ccc12.Cl. The van der Waals surface area contributed by atoms with Crippen LogP contribution in [0.15, 0.2) is 73.1 Å². The van der Waals surface area contributed by atoms with Gasteiger partial charge in [0.2, 0.25) is 21.9 Å². The van der Waals surface area contributed by atoms with Crippen LogP contribution >= 0.6 is 24.0 Å². The van der Waals surface area contributed by atoms with Crippen molar-refractivity contribution in [1.82, 2.24) is 20.3 Å². The van der Waals surface area contributed by atoms with Crippen LogP contribution in [0.1, 0.15) is 24.0 Å². The van der Waals surface area contributed by atoms with Gasteiger partial charge in [0.25, 0.3) is 0 Å². The Morgan fingerprint density at radius 1 is 1.02 bits per heavy atom. The summed E-state index contributed by atoms with van der Waals surface area (Å²) in [7, 11) is -2.69. The molecule has 47 heavy (non-hydrogen) atoms. The van der Waals surface area contributed by atoms with Crippen molar-refractivity contribution in [3.63, 3.8) is 0 Å². The van der Waals surface area contributed by atoms with Gasteiger partial charge in [0.05, 0.1) is 34.8 Å². The van der Waals surface area contributed by atoms with Crippen LogP contribution in [0.5, 0.6) is 17.4 Å². The second kappa shape index (κ2) is 14.7. The van der Waals surface area contributed by atoms with Crippen molar-refractivity contribution >= 4 is 56.4 Å². The van der Waals surface area contributed by atoms with Crippen LogP contribution < -0.4 is 24.8 Å². The number of nitrogens with zero attached hydrogens (tertiary/aromatic N) is 3. The Labute approximate surface area is 283 Å². The Bertz CT molecular complexity index is 2010. The number of benzene rings is 3. The molecule has 1 fully saturated rings. The van der Waals surface area contributed by atoms with Crippen LogP contribution in [-0.4, -0.2) is 49.6 Å². The van der Waals surface area contributed by atoms with Gasteiger partial charge in [0.15, 0.2) is 0 Å².